The van der Waals surface area contributed by atoms with Gasteiger partial charge in [-0.15, -0.1) is 0 Å². The molecule has 1 fully saturated rings. The third kappa shape index (κ3) is 2.98. The van der Waals surface area contributed by atoms with Gasteiger partial charge in [0.1, 0.15) is 11.6 Å². The van der Waals surface area contributed by atoms with E-state index in [1.807, 2.05) is 44.2 Å². The van der Waals surface area contributed by atoms with Crippen molar-refractivity contribution in [2.45, 2.75) is 51.2 Å². The number of hydrogen-bond donors (Lipinski definition) is 1. The van der Waals surface area contributed by atoms with Gasteiger partial charge in [-0.05, 0) is 31.2 Å². The van der Waals surface area contributed by atoms with Gasteiger partial charge in [-0.2, -0.15) is 0 Å². The molecule has 1 aliphatic carbocycles. The number of nitrogens with two attached hydrogens (primary N) is 1. The summed E-state index contributed by atoms with van der Waals surface area (Å²) >= 11 is 0. The summed E-state index contributed by atoms with van der Waals surface area (Å²) in [6.45, 7) is 3.94. The Hall–Kier alpha value is -1.35. The lowest BCUT2D eigenvalue weighted by Crippen LogP contribution is -2.55. The van der Waals surface area contributed by atoms with Crippen molar-refractivity contribution in [3.63, 3.8) is 0 Å². The number of benzene rings is 1. The molecule has 3 nitrogen and oxygen atoms in total. The highest BCUT2D eigenvalue weighted by Crippen LogP contribution is 2.33. The first-order valence-corrected chi connectivity index (χ1v) is 7.09. The molecule has 2 rings (SSSR count). The minimum atomic E-state index is -0.804. The van der Waals surface area contributed by atoms with Gasteiger partial charge in [0.05, 0.1) is 0 Å². The van der Waals surface area contributed by atoms with Crippen LogP contribution in [0.2, 0.25) is 0 Å². The molecule has 1 aromatic carbocycles. The second-order valence-electron chi connectivity index (χ2n) is 5.65. The van der Waals surface area contributed by atoms with Gasteiger partial charge in [-0.3, -0.25) is 4.79 Å². The van der Waals surface area contributed by atoms with Crippen LogP contribution in [0.4, 0.5) is 0 Å². The van der Waals surface area contributed by atoms with Crippen molar-refractivity contribution < 1.29 is 9.53 Å². The van der Waals surface area contributed by atoms with E-state index in [0.29, 0.717) is 0 Å². The smallest absolute Gasteiger partial charge is 0.326 e. The van der Waals surface area contributed by atoms with E-state index < -0.39 is 5.54 Å². The molecule has 1 aromatic rings. The van der Waals surface area contributed by atoms with Gasteiger partial charge in [0.2, 0.25) is 0 Å². The van der Waals surface area contributed by atoms with Crippen molar-refractivity contribution in [1.29, 1.82) is 0 Å². The molecule has 0 bridgehead atoms. The van der Waals surface area contributed by atoms with Gasteiger partial charge in [0.15, 0.2) is 0 Å². The van der Waals surface area contributed by atoms with Gasteiger partial charge in [-0.1, -0.05) is 50.1 Å². The Morgan fingerprint density at radius 3 is 2.68 bits per heavy atom. The summed E-state index contributed by atoms with van der Waals surface area (Å²) in [5, 5.41) is 0. The summed E-state index contributed by atoms with van der Waals surface area (Å²) in [5.74, 6) is -0.0622. The predicted molar refractivity (Wildman–Crippen MR) is 75.5 cm³/mol. The molecule has 0 amide bonds. The van der Waals surface area contributed by atoms with Crippen LogP contribution >= 0.6 is 0 Å². The van der Waals surface area contributed by atoms with Crippen LogP contribution in [-0.4, -0.2) is 11.5 Å². The number of hydrogen-bond acceptors (Lipinski definition) is 3. The highest BCUT2D eigenvalue weighted by molar-refractivity contribution is 5.81. The number of esters is 1. The van der Waals surface area contributed by atoms with E-state index in [0.717, 1.165) is 31.2 Å². The average Bonchev–Trinajstić information content (AvgIpc) is 2.43. The van der Waals surface area contributed by atoms with E-state index in [4.69, 9.17) is 10.5 Å². The fourth-order valence-corrected chi connectivity index (χ4v) is 2.74. The zero-order valence-corrected chi connectivity index (χ0v) is 11.8. The van der Waals surface area contributed by atoms with Crippen LogP contribution in [-0.2, 0) is 9.53 Å². The summed E-state index contributed by atoms with van der Waals surface area (Å²) in [5.41, 5.74) is 6.50. The molecule has 19 heavy (non-hydrogen) atoms. The standard InChI is InChI=1S/C16H23NO2/c1-12-8-6-7-11-16(12,17)15(18)19-13(2)14-9-4-3-5-10-14/h3-5,9-10,12-13H,6-8,11,17H2,1-2H3. The Labute approximate surface area is 115 Å². The SMILES string of the molecule is CC(OC(=O)C1(N)CCCCC1C)c1ccccc1. The molecule has 0 aromatic heterocycles. The molecule has 1 saturated carbocycles. The zero-order chi connectivity index (χ0) is 13.9. The van der Waals surface area contributed by atoms with Crippen LogP contribution in [0.15, 0.2) is 30.3 Å². The van der Waals surface area contributed by atoms with Gasteiger partial charge >= 0.3 is 5.97 Å². The maximum atomic E-state index is 12.4. The Kier molecular flexibility index (Phi) is 4.25. The lowest BCUT2D eigenvalue weighted by atomic mass is 9.74. The molecule has 0 radical (unpaired) electrons. The van der Waals surface area contributed by atoms with Gasteiger partial charge in [-0.25, -0.2) is 0 Å². The number of ether oxygens (including phenoxy) is 1. The maximum absolute atomic E-state index is 12.4. The van der Waals surface area contributed by atoms with E-state index >= 15 is 0 Å². The molecular weight excluding hydrogens is 238 g/mol. The Morgan fingerprint density at radius 2 is 2.05 bits per heavy atom. The van der Waals surface area contributed by atoms with E-state index in [1.54, 1.807) is 0 Å². The van der Waals surface area contributed by atoms with E-state index in [9.17, 15) is 4.79 Å². The minimum Gasteiger partial charge on any atom is -0.456 e. The molecule has 2 N–H and O–H groups in total. The highest BCUT2D eigenvalue weighted by atomic mass is 16.5. The third-order valence-corrected chi connectivity index (χ3v) is 4.29. The number of rotatable bonds is 3. The van der Waals surface area contributed by atoms with Crippen LogP contribution in [0.5, 0.6) is 0 Å². The minimum absolute atomic E-state index is 0.191. The normalized spacial score (nSPS) is 28.7. The highest BCUT2D eigenvalue weighted by Gasteiger charge is 2.43. The molecule has 3 atom stereocenters. The maximum Gasteiger partial charge on any atom is 0.326 e. The number of carbonyl (C=O) groups excluding carboxylic acids is 1. The van der Waals surface area contributed by atoms with Crippen molar-refractivity contribution in [2.75, 3.05) is 0 Å². The van der Waals surface area contributed by atoms with Crippen LogP contribution in [0.25, 0.3) is 0 Å². The second kappa shape index (κ2) is 5.74. The van der Waals surface area contributed by atoms with Crippen molar-refractivity contribution in [3.05, 3.63) is 35.9 Å². The van der Waals surface area contributed by atoms with E-state index in [1.165, 1.54) is 0 Å². The second-order valence-corrected chi connectivity index (χ2v) is 5.65. The quantitative estimate of drug-likeness (QED) is 0.850. The molecule has 3 heteroatoms. The Morgan fingerprint density at radius 1 is 1.37 bits per heavy atom. The summed E-state index contributed by atoms with van der Waals surface area (Å²) in [4.78, 5) is 12.4. The summed E-state index contributed by atoms with van der Waals surface area (Å²) in [6.07, 6.45) is 3.65. The van der Waals surface area contributed by atoms with Crippen molar-refractivity contribution >= 4 is 5.97 Å². The lowest BCUT2D eigenvalue weighted by molar-refractivity contribution is -0.158. The lowest BCUT2D eigenvalue weighted by Gasteiger charge is -2.37. The molecule has 0 spiro atoms. The van der Waals surface area contributed by atoms with Crippen LogP contribution in [0.3, 0.4) is 0 Å². The van der Waals surface area contributed by atoms with Crippen LogP contribution in [0, 0.1) is 5.92 Å². The predicted octanol–water partition coefficient (Wildman–Crippen LogP) is 3.20. The molecule has 0 aliphatic heterocycles. The van der Waals surface area contributed by atoms with Crippen molar-refractivity contribution in [1.82, 2.24) is 0 Å². The first-order chi connectivity index (χ1) is 9.04. The third-order valence-electron chi connectivity index (χ3n) is 4.29. The van der Waals surface area contributed by atoms with E-state index in [2.05, 4.69) is 0 Å². The van der Waals surface area contributed by atoms with E-state index in [-0.39, 0.29) is 18.0 Å². The molecular formula is C16H23NO2. The topological polar surface area (TPSA) is 52.3 Å². The fourth-order valence-electron chi connectivity index (χ4n) is 2.74. The fraction of sp³-hybridized carbons (Fsp3) is 0.562. The van der Waals surface area contributed by atoms with Gasteiger partial charge in [0, 0.05) is 0 Å². The summed E-state index contributed by atoms with van der Waals surface area (Å²) in [7, 11) is 0. The van der Waals surface area contributed by atoms with Crippen LogP contribution in [0.1, 0.15) is 51.2 Å². The van der Waals surface area contributed by atoms with Gasteiger partial charge < -0.3 is 10.5 Å². The zero-order valence-electron chi connectivity index (χ0n) is 11.8. The first kappa shape index (κ1) is 14.1. The van der Waals surface area contributed by atoms with Crippen molar-refractivity contribution in [3.8, 4) is 0 Å². The molecule has 0 saturated heterocycles. The van der Waals surface area contributed by atoms with Crippen molar-refractivity contribution in [2.24, 2.45) is 11.7 Å². The monoisotopic (exact) mass is 261 g/mol. The molecule has 1 aliphatic rings. The molecule has 0 heterocycles. The Bertz CT molecular complexity index is 432. The average molecular weight is 261 g/mol. The largest absolute Gasteiger partial charge is 0.456 e. The molecule has 3 unspecified atom stereocenters. The van der Waals surface area contributed by atoms with Crippen LogP contribution < -0.4 is 5.73 Å². The molecule has 104 valence electrons. The first-order valence-electron chi connectivity index (χ1n) is 7.09. The van der Waals surface area contributed by atoms with Gasteiger partial charge in [0.25, 0.3) is 0 Å². The summed E-state index contributed by atoms with van der Waals surface area (Å²) in [6, 6.07) is 9.77. The number of carbonyl (C=O) groups is 1. The summed E-state index contributed by atoms with van der Waals surface area (Å²) < 4.78 is 5.59. The Balaban J connectivity index is 2.04.